The summed E-state index contributed by atoms with van der Waals surface area (Å²) in [5.74, 6) is 1.13. The molecular formula is C18H28N4S. The van der Waals surface area contributed by atoms with Crippen molar-refractivity contribution in [1.82, 2.24) is 14.9 Å². The Bertz CT molecular complexity index is 584. The summed E-state index contributed by atoms with van der Waals surface area (Å²) in [4.78, 5) is 15.2. The molecule has 5 heteroatoms. The van der Waals surface area contributed by atoms with Crippen LogP contribution < -0.4 is 4.90 Å². The number of thioether (sulfide) groups is 1. The van der Waals surface area contributed by atoms with E-state index in [0.717, 1.165) is 35.3 Å². The fraction of sp³-hybridized carbons (Fsp3) is 0.667. The van der Waals surface area contributed by atoms with Gasteiger partial charge in [0.2, 0.25) is 0 Å². The number of hydrogen-bond donors (Lipinski definition) is 0. The molecule has 1 aromatic heterocycles. The molecule has 4 nitrogen and oxygen atoms in total. The van der Waals surface area contributed by atoms with Crippen LogP contribution in [0.15, 0.2) is 22.8 Å². The minimum absolute atomic E-state index is 0.463. The molecule has 0 aromatic carbocycles. The summed E-state index contributed by atoms with van der Waals surface area (Å²) in [6.45, 7) is 13.1. The van der Waals surface area contributed by atoms with Gasteiger partial charge in [0, 0.05) is 30.6 Å². The number of hydrogen-bond acceptors (Lipinski definition) is 5. The van der Waals surface area contributed by atoms with Crippen LogP contribution in [-0.2, 0) is 0 Å². The first kappa shape index (κ1) is 16.8. The van der Waals surface area contributed by atoms with Gasteiger partial charge >= 0.3 is 0 Å². The van der Waals surface area contributed by atoms with Crippen LogP contribution in [0.4, 0.5) is 5.82 Å². The molecule has 1 aromatic rings. The lowest BCUT2D eigenvalue weighted by Gasteiger charge is -2.41. The molecule has 1 spiro atoms. The second kappa shape index (κ2) is 6.81. The molecule has 2 aliphatic rings. The van der Waals surface area contributed by atoms with Crippen LogP contribution in [0.25, 0.3) is 0 Å². The van der Waals surface area contributed by atoms with E-state index in [1.54, 1.807) is 18.1 Å². The van der Waals surface area contributed by atoms with Gasteiger partial charge in [0.15, 0.2) is 0 Å². The maximum absolute atomic E-state index is 4.63. The zero-order valence-electron chi connectivity index (χ0n) is 14.6. The summed E-state index contributed by atoms with van der Waals surface area (Å²) in [7, 11) is 2.24. The van der Waals surface area contributed by atoms with E-state index < -0.39 is 0 Å². The third-order valence-electron chi connectivity index (χ3n) is 5.24. The fourth-order valence-corrected chi connectivity index (χ4v) is 4.70. The Morgan fingerprint density at radius 1 is 1.30 bits per heavy atom. The van der Waals surface area contributed by atoms with Crippen LogP contribution in [0.2, 0.25) is 0 Å². The topological polar surface area (TPSA) is 32.3 Å². The normalized spacial score (nSPS) is 25.3. The quantitative estimate of drug-likeness (QED) is 0.620. The molecule has 3 heterocycles. The zero-order chi connectivity index (χ0) is 16.4. The molecule has 0 N–H and O–H groups in total. The van der Waals surface area contributed by atoms with Crippen LogP contribution in [0, 0.1) is 12.3 Å². The molecular weight excluding hydrogens is 304 g/mol. The number of nitrogens with zero attached hydrogens (tertiary/aromatic N) is 4. The van der Waals surface area contributed by atoms with E-state index >= 15 is 0 Å². The molecule has 2 fully saturated rings. The van der Waals surface area contributed by atoms with Gasteiger partial charge in [0.25, 0.3) is 0 Å². The Morgan fingerprint density at radius 2 is 2.13 bits per heavy atom. The summed E-state index contributed by atoms with van der Waals surface area (Å²) in [5, 5.41) is 1.06. The van der Waals surface area contributed by atoms with Crippen LogP contribution in [0.1, 0.15) is 38.2 Å². The van der Waals surface area contributed by atoms with Crippen molar-refractivity contribution in [1.29, 1.82) is 0 Å². The average Bonchev–Trinajstić information content (AvgIpc) is 2.89. The molecule has 0 aliphatic carbocycles. The lowest BCUT2D eigenvalue weighted by molar-refractivity contribution is 0.233. The van der Waals surface area contributed by atoms with Gasteiger partial charge in [-0.25, -0.2) is 9.97 Å². The molecule has 126 valence electrons. The standard InChI is InChI=1S/C18H28N4S/c1-5-14(2)23-17-15(3)16(19-13-20-17)22-9-6-7-18(12-22)8-10-21(4)11-18/h13H,2,5-12H2,1,3-4H3. The first-order chi connectivity index (χ1) is 11.0. The first-order valence-electron chi connectivity index (χ1n) is 8.64. The van der Waals surface area contributed by atoms with E-state index in [2.05, 4.69) is 47.2 Å². The fourth-order valence-electron chi connectivity index (χ4n) is 3.94. The highest BCUT2D eigenvalue weighted by Gasteiger charge is 2.40. The van der Waals surface area contributed by atoms with Gasteiger partial charge in [0.05, 0.1) is 0 Å². The summed E-state index contributed by atoms with van der Waals surface area (Å²) >= 11 is 1.69. The molecule has 1 unspecified atom stereocenters. The highest BCUT2D eigenvalue weighted by atomic mass is 32.2. The molecule has 0 radical (unpaired) electrons. The van der Waals surface area contributed by atoms with Gasteiger partial charge in [-0.05, 0) is 51.1 Å². The van der Waals surface area contributed by atoms with Crippen molar-refractivity contribution in [3.8, 4) is 0 Å². The summed E-state index contributed by atoms with van der Waals surface area (Å²) in [6, 6.07) is 0. The second-order valence-electron chi connectivity index (χ2n) is 7.13. The highest BCUT2D eigenvalue weighted by molar-refractivity contribution is 8.03. The lowest BCUT2D eigenvalue weighted by atomic mass is 9.79. The van der Waals surface area contributed by atoms with Crippen LogP contribution in [0.3, 0.4) is 0 Å². The van der Waals surface area contributed by atoms with Crippen molar-refractivity contribution in [2.45, 2.75) is 44.6 Å². The molecule has 2 aliphatic heterocycles. The van der Waals surface area contributed by atoms with Crippen LogP contribution in [-0.4, -0.2) is 48.1 Å². The molecule has 0 amide bonds. The number of aromatic nitrogens is 2. The van der Waals surface area contributed by atoms with Crippen LogP contribution in [0.5, 0.6) is 0 Å². The van der Waals surface area contributed by atoms with Crippen molar-refractivity contribution in [2.24, 2.45) is 5.41 Å². The van der Waals surface area contributed by atoms with Gasteiger partial charge in [-0.3, -0.25) is 0 Å². The molecule has 1 atom stereocenters. The van der Waals surface area contributed by atoms with Crippen molar-refractivity contribution in [3.63, 3.8) is 0 Å². The van der Waals surface area contributed by atoms with Gasteiger partial charge in [0.1, 0.15) is 17.2 Å². The van der Waals surface area contributed by atoms with Gasteiger partial charge in [-0.15, -0.1) is 0 Å². The Balaban J connectivity index is 1.81. The Kier molecular flexibility index (Phi) is 4.97. The van der Waals surface area contributed by atoms with Gasteiger partial charge in [-0.2, -0.15) is 0 Å². The Hall–Kier alpha value is -1.07. The third-order valence-corrected chi connectivity index (χ3v) is 6.42. The highest BCUT2D eigenvalue weighted by Crippen LogP contribution is 2.40. The monoisotopic (exact) mass is 332 g/mol. The van der Waals surface area contributed by atoms with Crippen molar-refractivity contribution < 1.29 is 0 Å². The summed E-state index contributed by atoms with van der Waals surface area (Å²) in [5.41, 5.74) is 1.67. The SMILES string of the molecule is C=C(CC)Sc1ncnc(N2CCCC3(CCN(C)C3)C2)c1C. The lowest BCUT2D eigenvalue weighted by Crippen LogP contribution is -2.45. The van der Waals surface area contributed by atoms with Crippen LogP contribution >= 0.6 is 11.8 Å². The van der Waals surface area contributed by atoms with Crippen molar-refractivity contribution >= 4 is 17.6 Å². The second-order valence-corrected chi connectivity index (χ2v) is 8.30. The van der Waals surface area contributed by atoms with E-state index in [4.69, 9.17) is 0 Å². The Labute approximate surface area is 144 Å². The molecule has 0 saturated carbocycles. The van der Waals surface area contributed by atoms with Crippen molar-refractivity contribution in [3.05, 3.63) is 23.4 Å². The zero-order valence-corrected chi connectivity index (χ0v) is 15.5. The smallest absolute Gasteiger partial charge is 0.136 e. The summed E-state index contributed by atoms with van der Waals surface area (Å²) < 4.78 is 0. The summed E-state index contributed by atoms with van der Waals surface area (Å²) in [6.07, 6.45) is 6.63. The van der Waals surface area contributed by atoms with E-state index in [1.807, 2.05) is 0 Å². The molecule has 0 bridgehead atoms. The van der Waals surface area contributed by atoms with Crippen molar-refractivity contribution in [2.75, 3.05) is 38.1 Å². The van der Waals surface area contributed by atoms with Gasteiger partial charge < -0.3 is 9.80 Å². The average molecular weight is 333 g/mol. The number of rotatable bonds is 4. The number of allylic oxidation sites excluding steroid dienone is 1. The maximum Gasteiger partial charge on any atom is 0.136 e. The first-order valence-corrected chi connectivity index (χ1v) is 9.45. The van der Waals surface area contributed by atoms with E-state index in [-0.39, 0.29) is 0 Å². The van der Waals surface area contributed by atoms with E-state index in [0.29, 0.717) is 5.41 Å². The third kappa shape index (κ3) is 3.56. The number of anilines is 1. The molecule has 3 rings (SSSR count). The minimum atomic E-state index is 0.463. The van der Waals surface area contributed by atoms with E-state index in [1.165, 1.54) is 37.9 Å². The predicted octanol–water partition coefficient (Wildman–Crippen LogP) is 3.72. The Morgan fingerprint density at radius 3 is 2.83 bits per heavy atom. The molecule has 23 heavy (non-hydrogen) atoms. The van der Waals surface area contributed by atoms with Gasteiger partial charge in [-0.1, -0.05) is 25.3 Å². The largest absolute Gasteiger partial charge is 0.356 e. The number of piperidine rings is 1. The van der Waals surface area contributed by atoms with E-state index in [9.17, 15) is 0 Å². The minimum Gasteiger partial charge on any atom is -0.356 e. The number of likely N-dealkylation sites (tertiary alicyclic amines) is 1. The maximum atomic E-state index is 4.63. The molecule has 2 saturated heterocycles. The predicted molar refractivity (Wildman–Crippen MR) is 98.1 cm³/mol.